The number of sulfonamides is 1. The maximum absolute atomic E-state index is 11.5. The zero-order chi connectivity index (χ0) is 13.6. The van der Waals surface area contributed by atoms with Crippen LogP contribution in [0, 0.1) is 0 Å². The van der Waals surface area contributed by atoms with Crippen molar-refractivity contribution in [3.63, 3.8) is 0 Å². The maximum Gasteiger partial charge on any atom is 0.315 e. The predicted octanol–water partition coefficient (Wildman–Crippen LogP) is -0.908. The average Bonchev–Trinajstić information content (AvgIpc) is 2.28. The van der Waals surface area contributed by atoms with Crippen LogP contribution in [-0.2, 0) is 10.0 Å². The van der Waals surface area contributed by atoms with Crippen LogP contribution in [0.2, 0.25) is 0 Å². The molecule has 1 aliphatic rings. The van der Waals surface area contributed by atoms with E-state index in [1.165, 1.54) is 10.6 Å². The van der Waals surface area contributed by atoms with Crippen molar-refractivity contribution >= 4 is 16.1 Å². The molecule has 0 radical (unpaired) electrons. The number of rotatable bonds is 5. The van der Waals surface area contributed by atoms with E-state index >= 15 is 0 Å². The third-order valence-electron chi connectivity index (χ3n) is 2.81. The van der Waals surface area contributed by atoms with Gasteiger partial charge in [0, 0.05) is 32.3 Å². The second-order valence-corrected chi connectivity index (χ2v) is 6.42. The van der Waals surface area contributed by atoms with Gasteiger partial charge in [0.15, 0.2) is 0 Å². The fourth-order valence-electron chi connectivity index (χ4n) is 1.88. The molecule has 1 unspecified atom stereocenters. The fraction of sp³-hybridized carbons (Fsp3) is 0.900. The highest BCUT2D eigenvalue weighted by atomic mass is 32.2. The molecule has 0 aromatic heterocycles. The number of hydrogen-bond acceptors (Lipinski definition) is 4. The van der Waals surface area contributed by atoms with E-state index in [4.69, 9.17) is 5.11 Å². The van der Waals surface area contributed by atoms with E-state index in [1.54, 1.807) is 0 Å². The predicted molar refractivity (Wildman–Crippen MR) is 67.7 cm³/mol. The first-order valence-electron chi connectivity index (χ1n) is 6.04. The summed E-state index contributed by atoms with van der Waals surface area (Å²) in [5, 5.41) is 13.9. The molecule has 0 aliphatic carbocycles. The van der Waals surface area contributed by atoms with Crippen molar-refractivity contribution in [1.82, 2.24) is 14.9 Å². The van der Waals surface area contributed by atoms with E-state index in [0.29, 0.717) is 26.1 Å². The lowest BCUT2D eigenvalue weighted by atomic mass is 10.1. The van der Waals surface area contributed by atoms with Crippen LogP contribution < -0.4 is 10.6 Å². The Morgan fingerprint density at radius 2 is 2.22 bits per heavy atom. The monoisotopic (exact) mass is 279 g/mol. The van der Waals surface area contributed by atoms with Crippen LogP contribution in [0.1, 0.15) is 19.3 Å². The second kappa shape index (κ2) is 6.91. The number of nitrogens with one attached hydrogen (secondary N) is 2. The zero-order valence-electron chi connectivity index (χ0n) is 10.6. The molecular weight excluding hydrogens is 258 g/mol. The van der Waals surface area contributed by atoms with Gasteiger partial charge < -0.3 is 15.7 Å². The molecule has 0 spiro atoms. The van der Waals surface area contributed by atoms with Gasteiger partial charge in [-0.05, 0) is 19.3 Å². The Balaban J connectivity index is 2.36. The van der Waals surface area contributed by atoms with Gasteiger partial charge in [0.2, 0.25) is 10.0 Å². The SMILES string of the molecule is CS(=O)(=O)N1CCCC(NC(=O)NCCCO)C1. The van der Waals surface area contributed by atoms with Crippen LogP contribution in [0.5, 0.6) is 0 Å². The summed E-state index contributed by atoms with van der Waals surface area (Å²) in [5.74, 6) is 0. The Morgan fingerprint density at radius 3 is 2.83 bits per heavy atom. The first-order valence-corrected chi connectivity index (χ1v) is 7.88. The molecule has 7 nitrogen and oxygen atoms in total. The van der Waals surface area contributed by atoms with Gasteiger partial charge in [-0.1, -0.05) is 0 Å². The van der Waals surface area contributed by atoms with Gasteiger partial charge in [-0.15, -0.1) is 0 Å². The summed E-state index contributed by atoms with van der Waals surface area (Å²) in [6, 6.07) is -0.466. The number of aliphatic hydroxyl groups is 1. The Bertz CT molecular complexity index is 371. The summed E-state index contributed by atoms with van der Waals surface area (Å²) in [7, 11) is -3.19. The fourth-order valence-corrected chi connectivity index (χ4v) is 2.79. The number of aliphatic hydroxyl groups excluding tert-OH is 1. The lowest BCUT2D eigenvalue weighted by Crippen LogP contribution is -2.51. The smallest absolute Gasteiger partial charge is 0.315 e. The van der Waals surface area contributed by atoms with Gasteiger partial charge >= 0.3 is 6.03 Å². The molecule has 1 aliphatic heterocycles. The van der Waals surface area contributed by atoms with Gasteiger partial charge in [-0.2, -0.15) is 0 Å². The number of hydrogen-bond donors (Lipinski definition) is 3. The number of nitrogens with zero attached hydrogens (tertiary/aromatic N) is 1. The van der Waals surface area contributed by atoms with E-state index in [2.05, 4.69) is 10.6 Å². The van der Waals surface area contributed by atoms with Gasteiger partial charge in [-0.25, -0.2) is 17.5 Å². The highest BCUT2D eigenvalue weighted by Gasteiger charge is 2.26. The van der Waals surface area contributed by atoms with Crippen LogP contribution in [0.15, 0.2) is 0 Å². The van der Waals surface area contributed by atoms with Gasteiger partial charge in [-0.3, -0.25) is 0 Å². The van der Waals surface area contributed by atoms with E-state index in [1.807, 2.05) is 0 Å². The lowest BCUT2D eigenvalue weighted by Gasteiger charge is -2.31. The van der Waals surface area contributed by atoms with Crippen LogP contribution >= 0.6 is 0 Å². The summed E-state index contributed by atoms with van der Waals surface area (Å²) in [6.45, 7) is 1.28. The molecule has 2 amide bonds. The third-order valence-corrected chi connectivity index (χ3v) is 4.08. The Morgan fingerprint density at radius 1 is 1.50 bits per heavy atom. The molecule has 106 valence electrons. The molecule has 1 rings (SSSR count). The van der Waals surface area contributed by atoms with E-state index in [-0.39, 0.29) is 18.7 Å². The summed E-state index contributed by atoms with van der Waals surface area (Å²) in [4.78, 5) is 11.5. The average molecular weight is 279 g/mol. The Kier molecular flexibility index (Phi) is 5.83. The molecule has 0 saturated carbocycles. The molecule has 1 fully saturated rings. The first kappa shape index (κ1) is 15.2. The van der Waals surface area contributed by atoms with Crippen LogP contribution in [0.25, 0.3) is 0 Å². The summed E-state index contributed by atoms with van der Waals surface area (Å²) >= 11 is 0. The number of carbonyl (C=O) groups is 1. The van der Waals surface area contributed by atoms with Crippen LogP contribution in [-0.4, -0.2) is 62.4 Å². The molecule has 1 atom stereocenters. The standard InChI is InChI=1S/C10H21N3O4S/c1-18(16,17)13-6-2-4-9(8-13)12-10(15)11-5-3-7-14/h9,14H,2-8H2,1H3,(H2,11,12,15). The summed E-state index contributed by atoms with van der Waals surface area (Å²) in [5.41, 5.74) is 0. The van der Waals surface area contributed by atoms with Crippen molar-refractivity contribution in [3.05, 3.63) is 0 Å². The minimum atomic E-state index is -3.19. The highest BCUT2D eigenvalue weighted by Crippen LogP contribution is 2.12. The Hall–Kier alpha value is -0.860. The number of urea groups is 1. The highest BCUT2D eigenvalue weighted by molar-refractivity contribution is 7.88. The van der Waals surface area contributed by atoms with Crippen LogP contribution in [0.3, 0.4) is 0 Å². The first-order chi connectivity index (χ1) is 8.43. The van der Waals surface area contributed by atoms with Gasteiger partial charge in [0.1, 0.15) is 0 Å². The largest absolute Gasteiger partial charge is 0.396 e. The number of amides is 2. The van der Waals surface area contributed by atoms with Gasteiger partial charge in [0.25, 0.3) is 0 Å². The Labute approximate surface area is 108 Å². The third kappa shape index (κ3) is 5.19. The minimum Gasteiger partial charge on any atom is -0.396 e. The van der Waals surface area contributed by atoms with Crippen LogP contribution in [0.4, 0.5) is 4.79 Å². The molecule has 0 bridgehead atoms. The van der Waals surface area contributed by atoms with Crippen molar-refractivity contribution in [2.75, 3.05) is 32.5 Å². The normalized spacial score (nSPS) is 21.6. The lowest BCUT2D eigenvalue weighted by molar-refractivity contribution is 0.224. The van der Waals surface area contributed by atoms with Crippen molar-refractivity contribution in [2.45, 2.75) is 25.3 Å². The quantitative estimate of drug-likeness (QED) is 0.567. The van der Waals surface area contributed by atoms with Crippen molar-refractivity contribution < 1.29 is 18.3 Å². The molecular formula is C10H21N3O4S. The van der Waals surface area contributed by atoms with Gasteiger partial charge in [0.05, 0.1) is 6.26 Å². The van der Waals surface area contributed by atoms with Crippen molar-refractivity contribution in [1.29, 1.82) is 0 Å². The second-order valence-electron chi connectivity index (χ2n) is 4.44. The zero-order valence-corrected chi connectivity index (χ0v) is 11.4. The maximum atomic E-state index is 11.5. The molecule has 0 aromatic rings. The molecule has 8 heteroatoms. The number of piperidine rings is 1. The van der Waals surface area contributed by atoms with E-state index in [0.717, 1.165) is 12.8 Å². The molecule has 0 aromatic carbocycles. The van der Waals surface area contributed by atoms with E-state index < -0.39 is 10.0 Å². The number of carbonyl (C=O) groups excluding carboxylic acids is 1. The summed E-state index contributed by atoms with van der Waals surface area (Å²) in [6.07, 6.45) is 3.21. The molecule has 1 heterocycles. The molecule has 18 heavy (non-hydrogen) atoms. The van der Waals surface area contributed by atoms with Crippen molar-refractivity contribution in [2.24, 2.45) is 0 Å². The topological polar surface area (TPSA) is 98.7 Å². The molecule has 1 saturated heterocycles. The summed E-state index contributed by atoms with van der Waals surface area (Å²) < 4.78 is 24.2. The van der Waals surface area contributed by atoms with Crippen molar-refractivity contribution in [3.8, 4) is 0 Å². The van der Waals surface area contributed by atoms with E-state index in [9.17, 15) is 13.2 Å². The molecule has 3 N–H and O–H groups in total. The minimum absolute atomic E-state index is 0.0333.